The number of anilines is 1. The van der Waals surface area contributed by atoms with Crippen LogP contribution in [-0.2, 0) is 0 Å². The molecule has 3 heterocycles. The molecule has 2 aromatic heterocycles. The highest BCUT2D eigenvalue weighted by atomic mass is 35.5. The summed E-state index contributed by atoms with van der Waals surface area (Å²) in [5.74, 6) is 0.622. The molecule has 1 aliphatic heterocycles. The Kier molecular flexibility index (Phi) is 4.87. The smallest absolute Gasteiger partial charge is 0.296 e. The maximum absolute atomic E-state index is 13.6. The fourth-order valence-corrected chi connectivity index (χ4v) is 4.61. The number of halogens is 2. The van der Waals surface area contributed by atoms with Crippen molar-refractivity contribution in [2.24, 2.45) is 0 Å². The molecule has 8 heteroatoms. The van der Waals surface area contributed by atoms with Crippen molar-refractivity contribution in [2.45, 2.75) is 32.7 Å². The minimum Gasteiger partial charge on any atom is -0.449 e. The summed E-state index contributed by atoms with van der Waals surface area (Å²) >= 11 is 12.4. The molecule has 0 aliphatic carbocycles. The molecule has 32 heavy (non-hydrogen) atoms. The van der Waals surface area contributed by atoms with E-state index in [1.807, 2.05) is 24.3 Å². The molecule has 0 N–H and O–H groups in total. The largest absolute Gasteiger partial charge is 0.449 e. The normalized spacial score (nSPS) is 15.8. The number of fused-ring (bicyclic) bond motifs is 2. The van der Waals surface area contributed by atoms with E-state index >= 15 is 0 Å². The number of nitrogens with zero attached hydrogens (tertiary/aromatic N) is 2. The Morgan fingerprint density at radius 1 is 1.06 bits per heavy atom. The Balaban J connectivity index is 1.80. The summed E-state index contributed by atoms with van der Waals surface area (Å²) < 4.78 is 11.1. The lowest BCUT2D eigenvalue weighted by Crippen LogP contribution is -2.29. The number of hydrogen-bond acceptors (Lipinski definition) is 5. The molecule has 1 aliphatic rings. The molecule has 1 unspecified atom stereocenters. The maximum atomic E-state index is 13.6. The molecule has 6 nitrogen and oxygen atoms in total. The summed E-state index contributed by atoms with van der Waals surface area (Å²) in [5, 5.41) is 4.71. The van der Waals surface area contributed by atoms with Crippen molar-refractivity contribution in [1.29, 1.82) is 0 Å². The number of carbonyl (C=O) groups excluding carboxylic acids is 1. The van der Waals surface area contributed by atoms with Gasteiger partial charge in [-0.05, 0) is 36.1 Å². The van der Waals surface area contributed by atoms with E-state index in [-0.39, 0.29) is 32.7 Å². The summed E-state index contributed by atoms with van der Waals surface area (Å²) in [6.07, 6.45) is 0. The van der Waals surface area contributed by atoms with Crippen LogP contribution in [0.5, 0.6) is 0 Å². The predicted molar refractivity (Wildman–Crippen MR) is 123 cm³/mol. The third-order valence-electron chi connectivity index (χ3n) is 5.67. The molecular formula is C24H18Cl2N2O4. The fraction of sp³-hybridized carbons (Fsp3) is 0.208. The number of aryl methyl sites for hydroxylation is 1. The third kappa shape index (κ3) is 3.14. The van der Waals surface area contributed by atoms with E-state index in [0.29, 0.717) is 22.5 Å². The zero-order valence-electron chi connectivity index (χ0n) is 17.5. The van der Waals surface area contributed by atoms with E-state index in [0.717, 1.165) is 11.1 Å². The molecule has 4 aromatic rings. The average molecular weight is 469 g/mol. The molecule has 2 aromatic carbocycles. The van der Waals surface area contributed by atoms with Crippen LogP contribution in [0.4, 0.5) is 5.82 Å². The van der Waals surface area contributed by atoms with Gasteiger partial charge in [-0.25, -0.2) is 0 Å². The lowest BCUT2D eigenvalue weighted by molar-refractivity contribution is 0.0969. The van der Waals surface area contributed by atoms with E-state index < -0.39 is 11.9 Å². The summed E-state index contributed by atoms with van der Waals surface area (Å²) in [6, 6.07) is 11.7. The van der Waals surface area contributed by atoms with Gasteiger partial charge in [0, 0.05) is 11.1 Å². The molecule has 1 atom stereocenters. The second-order valence-electron chi connectivity index (χ2n) is 8.13. The number of carbonyl (C=O) groups is 1. The van der Waals surface area contributed by atoms with Gasteiger partial charge < -0.3 is 8.94 Å². The van der Waals surface area contributed by atoms with Crippen LogP contribution < -0.4 is 10.3 Å². The second kappa shape index (κ2) is 7.50. The molecule has 0 saturated carbocycles. The molecule has 162 valence electrons. The Morgan fingerprint density at radius 2 is 1.78 bits per heavy atom. The van der Waals surface area contributed by atoms with Crippen molar-refractivity contribution in [2.75, 3.05) is 4.90 Å². The zero-order valence-corrected chi connectivity index (χ0v) is 19.0. The highest BCUT2D eigenvalue weighted by molar-refractivity contribution is 6.38. The van der Waals surface area contributed by atoms with E-state index in [4.69, 9.17) is 32.1 Å². The summed E-state index contributed by atoms with van der Waals surface area (Å²) in [6.45, 7) is 5.93. The molecule has 5 rings (SSSR count). The Bertz CT molecular complexity index is 1440. The molecule has 0 bridgehead atoms. The molecule has 0 saturated heterocycles. The first-order valence-corrected chi connectivity index (χ1v) is 10.8. The monoisotopic (exact) mass is 468 g/mol. The maximum Gasteiger partial charge on any atom is 0.296 e. The van der Waals surface area contributed by atoms with Crippen LogP contribution in [0.25, 0.3) is 11.0 Å². The Hall–Kier alpha value is -3.09. The minimum atomic E-state index is -0.735. The van der Waals surface area contributed by atoms with Gasteiger partial charge in [-0.2, -0.15) is 0 Å². The van der Waals surface area contributed by atoms with E-state index in [1.54, 1.807) is 13.0 Å². The van der Waals surface area contributed by atoms with Gasteiger partial charge in [0.2, 0.25) is 5.76 Å². The summed E-state index contributed by atoms with van der Waals surface area (Å²) in [7, 11) is 0. The van der Waals surface area contributed by atoms with Gasteiger partial charge in [0.1, 0.15) is 5.76 Å². The average Bonchev–Trinajstić information content (AvgIpc) is 3.30. The van der Waals surface area contributed by atoms with Gasteiger partial charge in [-0.1, -0.05) is 66.5 Å². The molecule has 0 spiro atoms. The Morgan fingerprint density at radius 3 is 2.41 bits per heavy atom. The summed E-state index contributed by atoms with van der Waals surface area (Å²) in [4.78, 5) is 28.5. The molecule has 0 radical (unpaired) electrons. The van der Waals surface area contributed by atoms with Gasteiger partial charge in [-0.15, -0.1) is 0 Å². The first kappa shape index (κ1) is 20.8. The van der Waals surface area contributed by atoms with Crippen LogP contribution >= 0.6 is 23.2 Å². The van der Waals surface area contributed by atoms with Crippen molar-refractivity contribution in [1.82, 2.24) is 5.16 Å². The van der Waals surface area contributed by atoms with Crippen LogP contribution in [0.2, 0.25) is 10.0 Å². The van der Waals surface area contributed by atoms with E-state index in [2.05, 4.69) is 19.0 Å². The predicted octanol–water partition coefficient (Wildman–Crippen LogP) is 6.27. The van der Waals surface area contributed by atoms with Gasteiger partial charge in [-0.3, -0.25) is 14.5 Å². The van der Waals surface area contributed by atoms with Crippen molar-refractivity contribution in [3.05, 3.63) is 90.9 Å². The van der Waals surface area contributed by atoms with Crippen molar-refractivity contribution in [3.63, 3.8) is 0 Å². The minimum absolute atomic E-state index is 0.0645. The number of benzene rings is 2. The van der Waals surface area contributed by atoms with Crippen LogP contribution in [0, 0.1) is 6.92 Å². The van der Waals surface area contributed by atoms with Gasteiger partial charge in [0.05, 0.1) is 22.0 Å². The second-order valence-corrected chi connectivity index (χ2v) is 8.98. The van der Waals surface area contributed by atoms with Crippen LogP contribution in [0.1, 0.15) is 58.8 Å². The van der Waals surface area contributed by atoms with Crippen LogP contribution in [0.15, 0.2) is 56.2 Å². The van der Waals surface area contributed by atoms with E-state index in [1.165, 1.54) is 17.0 Å². The first-order chi connectivity index (χ1) is 15.3. The lowest BCUT2D eigenvalue weighted by atomic mass is 9.95. The number of hydrogen-bond donors (Lipinski definition) is 0. The van der Waals surface area contributed by atoms with Gasteiger partial charge >= 0.3 is 0 Å². The summed E-state index contributed by atoms with van der Waals surface area (Å²) in [5.41, 5.74) is 1.88. The Labute approximate surface area is 193 Å². The standard InChI is InChI=1S/C24H18Cl2N2O4/c1-11(2)13-4-6-14(7-5-13)20-19-21(29)16-9-15(25)10-17(26)22(16)31-23(19)24(30)28(20)18-8-12(3)32-27-18/h4-11,20H,1-3H3. The topological polar surface area (TPSA) is 76.6 Å². The van der Waals surface area contributed by atoms with E-state index in [9.17, 15) is 9.59 Å². The van der Waals surface area contributed by atoms with Gasteiger partial charge in [0.25, 0.3) is 5.91 Å². The first-order valence-electron chi connectivity index (χ1n) is 10.1. The SMILES string of the molecule is Cc1cc(N2C(=O)c3oc4c(Cl)cc(Cl)cc4c(=O)c3C2c2ccc(C(C)C)cc2)no1. The lowest BCUT2D eigenvalue weighted by Gasteiger charge is -2.22. The molecular weight excluding hydrogens is 451 g/mol. The molecule has 0 fully saturated rings. The third-order valence-corrected chi connectivity index (χ3v) is 6.17. The van der Waals surface area contributed by atoms with Crippen LogP contribution in [0.3, 0.4) is 0 Å². The number of amides is 1. The highest BCUT2D eigenvalue weighted by Crippen LogP contribution is 2.42. The number of rotatable bonds is 3. The van der Waals surface area contributed by atoms with Crippen molar-refractivity contribution >= 4 is 45.9 Å². The quantitative estimate of drug-likeness (QED) is 0.354. The number of aromatic nitrogens is 1. The highest BCUT2D eigenvalue weighted by Gasteiger charge is 2.45. The van der Waals surface area contributed by atoms with Crippen molar-refractivity contribution < 1.29 is 13.7 Å². The van der Waals surface area contributed by atoms with Crippen molar-refractivity contribution in [3.8, 4) is 0 Å². The fourth-order valence-electron chi connectivity index (χ4n) is 4.08. The van der Waals surface area contributed by atoms with Gasteiger partial charge in [0.15, 0.2) is 16.8 Å². The molecule has 1 amide bonds. The zero-order chi connectivity index (χ0) is 22.7. The van der Waals surface area contributed by atoms with Crippen LogP contribution in [-0.4, -0.2) is 11.1 Å².